The Morgan fingerprint density at radius 2 is 1.15 bits per heavy atom. The van der Waals surface area contributed by atoms with Crippen molar-refractivity contribution >= 4 is 21.8 Å². The average molecular weight is 606 g/mol. The molecule has 224 valence electrons. The van der Waals surface area contributed by atoms with Crippen molar-refractivity contribution < 1.29 is 4.74 Å². The summed E-state index contributed by atoms with van der Waals surface area (Å²) >= 11 is 0. The van der Waals surface area contributed by atoms with E-state index in [1.54, 1.807) is 0 Å². The molecular formula is C43H31N3O. The number of benzene rings is 5. The first kappa shape index (κ1) is 27.5. The van der Waals surface area contributed by atoms with Gasteiger partial charge in [0.15, 0.2) is 0 Å². The maximum Gasteiger partial charge on any atom is 0.131 e. The van der Waals surface area contributed by atoms with Gasteiger partial charge in [0, 0.05) is 38.4 Å². The third kappa shape index (κ3) is 4.58. The molecule has 0 radical (unpaired) electrons. The van der Waals surface area contributed by atoms with E-state index in [4.69, 9.17) is 14.7 Å². The predicted molar refractivity (Wildman–Crippen MR) is 188 cm³/mol. The molecule has 7 aromatic rings. The molecule has 1 spiro atoms. The second kappa shape index (κ2) is 10.9. The van der Waals surface area contributed by atoms with Gasteiger partial charge in [-0.3, -0.25) is 0 Å². The van der Waals surface area contributed by atoms with Crippen LogP contribution < -0.4 is 4.74 Å². The van der Waals surface area contributed by atoms with E-state index in [2.05, 4.69) is 103 Å². The lowest BCUT2D eigenvalue weighted by Gasteiger charge is -2.43. The molecular weight excluding hydrogens is 574 g/mol. The Kier molecular flexibility index (Phi) is 6.40. The van der Waals surface area contributed by atoms with Crippen LogP contribution >= 0.6 is 0 Å². The van der Waals surface area contributed by atoms with E-state index in [0.717, 1.165) is 74.2 Å². The highest BCUT2D eigenvalue weighted by molar-refractivity contribution is 6.04. The Bertz CT molecular complexity index is 2400. The van der Waals surface area contributed by atoms with Crippen LogP contribution in [-0.2, 0) is 5.41 Å². The normalized spacial score (nSPS) is 14.7. The van der Waals surface area contributed by atoms with Crippen molar-refractivity contribution in [2.45, 2.75) is 37.5 Å². The van der Waals surface area contributed by atoms with Crippen LogP contribution in [0.25, 0.3) is 55.4 Å². The van der Waals surface area contributed by atoms with Crippen molar-refractivity contribution in [1.29, 1.82) is 5.26 Å². The summed E-state index contributed by atoms with van der Waals surface area (Å²) in [5.41, 5.74) is 11.1. The summed E-state index contributed by atoms with van der Waals surface area (Å²) in [5, 5.41) is 11.5. The molecule has 9 rings (SSSR count). The van der Waals surface area contributed by atoms with Crippen molar-refractivity contribution in [2.75, 3.05) is 0 Å². The lowest BCUT2D eigenvalue weighted by atomic mass is 9.63. The summed E-state index contributed by atoms with van der Waals surface area (Å²) in [5.74, 6) is 1.99. The second-order valence-corrected chi connectivity index (χ2v) is 12.8. The van der Waals surface area contributed by atoms with Gasteiger partial charge in [0.1, 0.15) is 11.5 Å². The minimum absolute atomic E-state index is 0.00121. The van der Waals surface area contributed by atoms with E-state index >= 15 is 0 Å². The molecule has 1 fully saturated rings. The number of ether oxygens (including phenoxy) is 1. The molecule has 0 N–H and O–H groups in total. The van der Waals surface area contributed by atoms with Crippen molar-refractivity contribution in [1.82, 2.24) is 9.97 Å². The number of hydrogen-bond acceptors (Lipinski definition) is 4. The third-order valence-corrected chi connectivity index (χ3v) is 10.1. The van der Waals surface area contributed by atoms with Gasteiger partial charge in [0.25, 0.3) is 0 Å². The summed E-state index contributed by atoms with van der Waals surface area (Å²) in [6.45, 7) is 0. The zero-order chi connectivity index (χ0) is 31.4. The van der Waals surface area contributed by atoms with Crippen molar-refractivity contribution in [3.05, 3.63) is 144 Å². The molecule has 2 aromatic heterocycles. The van der Waals surface area contributed by atoms with Gasteiger partial charge in [-0.05, 0) is 72.5 Å². The first-order valence-corrected chi connectivity index (χ1v) is 16.4. The number of nitrogens with zero attached hydrogens (tertiary/aromatic N) is 3. The summed E-state index contributed by atoms with van der Waals surface area (Å²) in [6.07, 6.45) is 6.06. The van der Waals surface area contributed by atoms with Gasteiger partial charge in [-0.15, -0.1) is 0 Å². The van der Waals surface area contributed by atoms with Crippen LogP contribution in [0.3, 0.4) is 0 Å². The monoisotopic (exact) mass is 605 g/mol. The molecule has 0 unspecified atom stereocenters. The molecule has 1 saturated carbocycles. The van der Waals surface area contributed by atoms with Crippen molar-refractivity contribution in [2.24, 2.45) is 0 Å². The molecule has 4 heteroatoms. The summed E-state index contributed by atoms with van der Waals surface area (Å²) in [6, 6.07) is 46.4. The topological polar surface area (TPSA) is 58.8 Å². The number of hydrogen-bond donors (Lipinski definition) is 0. The first-order chi connectivity index (χ1) is 23.2. The van der Waals surface area contributed by atoms with Crippen molar-refractivity contribution in [3.63, 3.8) is 0 Å². The lowest BCUT2D eigenvalue weighted by molar-refractivity contribution is 0.306. The Morgan fingerprint density at radius 1 is 0.532 bits per heavy atom. The van der Waals surface area contributed by atoms with Gasteiger partial charge >= 0.3 is 0 Å². The first-order valence-electron chi connectivity index (χ1n) is 16.4. The van der Waals surface area contributed by atoms with Gasteiger partial charge in [0.05, 0.1) is 34.1 Å². The number of nitriles is 1. The average Bonchev–Trinajstić information content (AvgIpc) is 3.15. The zero-order valence-corrected chi connectivity index (χ0v) is 25.9. The molecule has 47 heavy (non-hydrogen) atoms. The highest BCUT2D eigenvalue weighted by Gasteiger charge is 2.42. The quantitative estimate of drug-likeness (QED) is 0.188. The van der Waals surface area contributed by atoms with Crippen LogP contribution in [0.5, 0.6) is 11.5 Å². The Labute approximate surface area is 274 Å². The number of aromatic nitrogens is 2. The van der Waals surface area contributed by atoms with E-state index in [1.165, 1.54) is 36.0 Å². The van der Waals surface area contributed by atoms with Crippen LogP contribution in [0.15, 0.2) is 127 Å². The molecule has 0 bridgehead atoms. The van der Waals surface area contributed by atoms with E-state index in [9.17, 15) is 5.26 Å². The zero-order valence-electron chi connectivity index (χ0n) is 25.9. The molecule has 1 aliphatic carbocycles. The standard InChI is InChI=1S/C43H31N3O/c44-27-28-8-6-10-33(24-28)37-19-16-29-14-15-30-17-20-38(46-42(30)41(29)45-37)34-11-7-9-31(25-34)32-18-21-40-36(26-32)43(22-4-1-5-23-43)35-12-2-3-13-39(35)47-40/h2-3,6-21,24-26H,1,4-5,22-23H2. The molecule has 4 nitrogen and oxygen atoms in total. The molecule has 5 aromatic carbocycles. The van der Waals surface area contributed by atoms with Crippen LogP contribution in [-0.4, -0.2) is 9.97 Å². The van der Waals surface area contributed by atoms with Gasteiger partial charge in [-0.1, -0.05) is 98.1 Å². The van der Waals surface area contributed by atoms with E-state index in [1.807, 2.05) is 30.3 Å². The number of pyridine rings is 2. The minimum Gasteiger partial charge on any atom is -0.457 e. The van der Waals surface area contributed by atoms with Gasteiger partial charge < -0.3 is 4.74 Å². The fraction of sp³-hybridized carbons (Fsp3) is 0.140. The summed E-state index contributed by atoms with van der Waals surface area (Å²) in [4.78, 5) is 10.3. The highest BCUT2D eigenvalue weighted by Crippen LogP contribution is 2.55. The van der Waals surface area contributed by atoms with Crippen LogP contribution in [0.1, 0.15) is 48.8 Å². The molecule has 1 aliphatic heterocycles. The Balaban J connectivity index is 1.13. The molecule has 0 saturated heterocycles. The van der Waals surface area contributed by atoms with Crippen LogP contribution in [0.4, 0.5) is 0 Å². The number of fused-ring (bicyclic) bond motifs is 7. The number of rotatable bonds is 3. The van der Waals surface area contributed by atoms with E-state index < -0.39 is 0 Å². The Hall–Kier alpha value is -5.79. The number of para-hydroxylation sites is 1. The third-order valence-electron chi connectivity index (χ3n) is 10.1. The fourth-order valence-electron chi connectivity index (χ4n) is 7.78. The van der Waals surface area contributed by atoms with Crippen molar-refractivity contribution in [3.8, 4) is 51.2 Å². The fourth-order valence-corrected chi connectivity index (χ4v) is 7.78. The highest BCUT2D eigenvalue weighted by atomic mass is 16.5. The molecule has 3 heterocycles. The SMILES string of the molecule is N#Cc1cccc(-c2ccc3ccc4ccc(-c5cccc(-c6ccc7c(c6)C6(CCCCC6)c6ccccc6O7)c5)nc4c3n2)c1. The largest absolute Gasteiger partial charge is 0.457 e. The van der Waals surface area contributed by atoms with Gasteiger partial charge in [0.2, 0.25) is 0 Å². The second-order valence-electron chi connectivity index (χ2n) is 12.8. The van der Waals surface area contributed by atoms with E-state index in [-0.39, 0.29) is 5.41 Å². The van der Waals surface area contributed by atoms with Crippen LogP contribution in [0.2, 0.25) is 0 Å². The Morgan fingerprint density at radius 3 is 1.89 bits per heavy atom. The predicted octanol–water partition coefficient (Wildman–Crippen LogP) is 11.0. The maximum atomic E-state index is 9.41. The van der Waals surface area contributed by atoms with Crippen LogP contribution in [0, 0.1) is 11.3 Å². The van der Waals surface area contributed by atoms with E-state index in [0.29, 0.717) is 5.56 Å². The smallest absolute Gasteiger partial charge is 0.131 e. The molecule has 0 atom stereocenters. The van der Waals surface area contributed by atoms with Gasteiger partial charge in [-0.25, -0.2) is 9.97 Å². The molecule has 2 aliphatic rings. The minimum atomic E-state index is -0.00121. The summed E-state index contributed by atoms with van der Waals surface area (Å²) < 4.78 is 6.48. The summed E-state index contributed by atoms with van der Waals surface area (Å²) in [7, 11) is 0. The maximum absolute atomic E-state index is 9.41. The van der Waals surface area contributed by atoms with Gasteiger partial charge in [-0.2, -0.15) is 5.26 Å². The molecule has 0 amide bonds. The lowest BCUT2D eigenvalue weighted by Crippen LogP contribution is -2.33.